The van der Waals surface area contributed by atoms with Crippen molar-refractivity contribution in [1.82, 2.24) is 10.2 Å². The minimum atomic E-state index is -3.90. The number of sulfonamides is 1. The second-order valence-corrected chi connectivity index (χ2v) is 11.4. The van der Waals surface area contributed by atoms with E-state index in [1.165, 1.54) is 17.0 Å². The van der Waals surface area contributed by atoms with Gasteiger partial charge in [0.25, 0.3) is 0 Å². The number of carbonyl (C=O) groups is 2. The number of rotatable bonds is 9. The normalized spacial score (nSPS) is 12.4. The van der Waals surface area contributed by atoms with Crippen LogP contribution in [0.5, 0.6) is 0 Å². The zero-order valence-electron chi connectivity index (χ0n) is 18.7. The predicted octanol–water partition coefficient (Wildman–Crippen LogP) is 4.46. The fourth-order valence-electron chi connectivity index (χ4n) is 3.10. The van der Waals surface area contributed by atoms with Gasteiger partial charge in [-0.15, -0.1) is 0 Å². The van der Waals surface area contributed by atoms with Crippen molar-refractivity contribution in [3.8, 4) is 0 Å². The Balaban J connectivity index is 2.44. The van der Waals surface area contributed by atoms with Gasteiger partial charge in [0, 0.05) is 17.1 Å². The van der Waals surface area contributed by atoms with Crippen LogP contribution < -0.4 is 9.62 Å². The van der Waals surface area contributed by atoms with Crippen LogP contribution in [0.2, 0.25) is 10.0 Å². The Morgan fingerprint density at radius 2 is 1.73 bits per heavy atom. The number of hydrogen-bond acceptors (Lipinski definition) is 4. The van der Waals surface area contributed by atoms with Gasteiger partial charge in [0.15, 0.2) is 0 Å². The molecule has 11 heteroatoms. The molecule has 33 heavy (non-hydrogen) atoms. The molecule has 7 nitrogen and oxygen atoms in total. The van der Waals surface area contributed by atoms with E-state index in [0.717, 1.165) is 20.6 Å². The summed E-state index contributed by atoms with van der Waals surface area (Å²) in [7, 11) is -3.90. The Hall–Kier alpha value is -1.81. The van der Waals surface area contributed by atoms with E-state index in [2.05, 4.69) is 21.2 Å². The number of anilines is 1. The van der Waals surface area contributed by atoms with Crippen LogP contribution in [0.3, 0.4) is 0 Å². The molecule has 0 aliphatic rings. The van der Waals surface area contributed by atoms with Gasteiger partial charge >= 0.3 is 0 Å². The van der Waals surface area contributed by atoms with E-state index in [-0.39, 0.29) is 34.2 Å². The van der Waals surface area contributed by atoms with Crippen LogP contribution in [0.25, 0.3) is 0 Å². The summed E-state index contributed by atoms with van der Waals surface area (Å²) >= 11 is 15.7. The molecule has 0 aliphatic carbocycles. The highest BCUT2D eigenvalue weighted by atomic mass is 79.9. The SMILES string of the molecule is CC(C)NC(=O)[C@H](C)N(Cc1cccc(Br)c1)C(=O)CN(c1cccc(Cl)c1Cl)S(C)(=O)=O. The zero-order valence-corrected chi connectivity index (χ0v) is 22.6. The largest absolute Gasteiger partial charge is 0.352 e. The Morgan fingerprint density at radius 3 is 2.30 bits per heavy atom. The molecule has 1 N–H and O–H groups in total. The monoisotopic (exact) mass is 577 g/mol. The lowest BCUT2D eigenvalue weighted by Gasteiger charge is -2.32. The van der Waals surface area contributed by atoms with E-state index >= 15 is 0 Å². The van der Waals surface area contributed by atoms with Gasteiger partial charge < -0.3 is 10.2 Å². The lowest BCUT2D eigenvalue weighted by Crippen LogP contribution is -2.52. The summed E-state index contributed by atoms with van der Waals surface area (Å²) in [5.41, 5.74) is 0.857. The number of benzene rings is 2. The second-order valence-electron chi connectivity index (χ2n) is 7.83. The van der Waals surface area contributed by atoms with Crippen molar-refractivity contribution >= 4 is 66.7 Å². The van der Waals surface area contributed by atoms with Crippen molar-refractivity contribution in [2.24, 2.45) is 0 Å². The lowest BCUT2D eigenvalue weighted by molar-refractivity contribution is -0.139. The molecule has 2 aromatic carbocycles. The lowest BCUT2D eigenvalue weighted by atomic mass is 10.1. The van der Waals surface area contributed by atoms with Crippen LogP contribution in [0, 0.1) is 0 Å². The summed E-state index contributed by atoms with van der Waals surface area (Å²) in [5.74, 6) is -0.914. The summed E-state index contributed by atoms with van der Waals surface area (Å²) in [6, 6.07) is 10.9. The van der Waals surface area contributed by atoms with Gasteiger partial charge in [0.05, 0.1) is 22.0 Å². The fourth-order valence-corrected chi connectivity index (χ4v) is 4.85. The summed E-state index contributed by atoms with van der Waals surface area (Å²) < 4.78 is 26.9. The van der Waals surface area contributed by atoms with Crippen molar-refractivity contribution < 1.29 is 18.0 Å². The van der Waals surface area contributed by atoms with Crippen molar-refractivity contribution in [2.75, 3.05) is 17.1 Å². The van der Waals surface area contributed by atoms with E-state index in [0.29, 0.717) is 0 Å². The Bertz CT molecular complexity index is 1130. The molecule has 0 bridgehead atoms. The molecule has 0 spiro atoms. The molecule has 0 saturated heterocycles. The zero-order chi connectivity index (χ0) is 24.9. The maximum atomic E-state index is 13.4. The van der Waals surface area contributed by atoms with Gasteiger partial charge in [-0.25, -0.2) is 8.42 Å². The molecule has 0 unspecified atom stereocenters. The molecule has 0 radical (unpaired) electrons. The van der Waals surface area contributed by atoms with Crippen molar-refractivity contribution in [3.63, 3.8) is 0 Å². The van der Waals surface area contributed by atoms with Gasteiger partial charge in [0.1, 0.15) is 12.6 Å². The third-order valence-corrected chi connectivity index (χ3v) is 7.15. The van der Waals surface area contributed by atoms with Crippen molar-refractivity contribution in [3.05, 3.63) is 62.5 Å². The van der Waals surface area contributed by atoms with Crippen LogP contribution >= 0.6 is 39.1 Å². The molecule has 0 aliphatic heterocycles. The molecule has 1 atom stereocenters. The molecular weight excluding hydrogens is 553 g/mol. The van der Waals surface area contributed by atoms with Crippen LogP contribution in [0.1, 0.15) is 26.3 Å². The molecule has 2 amide bonds. The minimum Gasteiger partial charge on any atom is -0.352 e. The maximum absolute atomic E-state index is 13.4. The minimum absolute atomic E-state index is 0.0153. The summed E-state index contributed by atoms with van der Waals surface area (Å²) in [6.07, 6.45) is 0.977. The quantitative estimate of drug-likeness (QED) is 0.476. The number of amides is 2. The first-order chi connectivity index (χ1) is 15.3. The first-order valence-corrected chi connectivity index (χ1v) is 13.5. The molecular formula is C22H26BrCl2N3O4S. The highest BCUT2D eigenvalue weighted by Gasteiger charge is 2.31. The van der Waals surface area contributed by atoms with E-state index in [4.69, 9.17) is 23.2 Å². The van der Waals surface area contributed by atoms with E-state index in [1.807, 2.05) is 38.1 Å². The van der Waals surface area contributed by atoms with Crippen LogP contribution in [-0.2, 0) is 26.2 Å². The topological polar surface area (TPSA) is 86.8 Å². The number of carbonyl (C=O) groups excluding carboxylic acids is 2. The molecule has 2 aromatic rings. The van der Waals surface area contributed by atoms with Crippen LogP contribution in [0.4, 0.5) is 5.69 Å². The van der Waals surface area contributed by atoms with E-state index in [1.54, 1.807) is 13.0 Å². The van der Waals surface area contributed by atoms with Crippen molar-refractivity contribution in [2.45, 2.75) is 39.4 Å². The van der Waals surface area contributed by atoms with Crippen LogP contribution in [-0.4, -0.2) is 50.0 Å². The summed E-state index contributed by atoms with van der Waals surface area (Å²) in [5, 5.41) is 2.97. The Labute approximate surface area is 213 Å². The number of hydrogen-bond donors (Lipinski definition) is 1. The van der Waals surface area contributed by atoms with Gasteiger partial charge in [0.2, 0.25) is 21.8 Å². The van der Waals surface area contributed by atoms with Gasteiger partial charge in [-0.2, -0.15) is 0 Å². The average Bonchev–Trinajstić information content (AvgIpc) is 2.70. The third kappa shape index (κ3) is 7.60. The maximum Gasteiger partial charge on any atom is 0.244 e. The number of halogens is 3. The van der Waals surface area contributed by atoms with E-state index < -0.39 is 28.5 Å². The van der Waals surface area contributed by atoms with Gasteiger partial charge in [-0.1, -0.05) is 57.3 Å². The second kappa shape index (κ2) is 11.6. The first kappa shape index (κ1) is 27.4. The first-order valence-electron chi connectivity index (χ1n) is 10.1. The van der Waals surface area contributed by atoms with Crippen LogP contribution in [0.15, 0.2) is 46.9 Å². The Kier molecular flexibility index (Phi) is 9.60. The molecule has 0 heterocycles. The molecule has 0 saturated carbocycles. The molecule has 0 fully saturated rings. The molecule has 180 valence electrons. The van der Waals surface area contributed by atoms with Crippen molar-refractivity contribution in [1.29, 1.82) is 0 Å². The summed E-state index contributed by atoms with van der Waals surface area (Å²) in [6.45, 7) is 4.79. The highest BCUT2D eigenvalue weighted by Crippen LogP contribution is 2.33. The molecule has 2 rings (SSSR count). The Morgan fingerprint density at radius 1 is 1.09 bits per heavy atom. The highest BCUT2D eigenvalue weighted by molar-refractivity contribution is 9.10. The van der Waals surface area contributed by atoms with E-state index in [9.17, 15) is 18.0 Å². The smallest absolute Gasteiger partial charge is 0.244 e. The standard InChI is InChI=1S/C22H26BrCl2N3O4S/c1-14(2)26-22(30)15(3)27(12-16-7-5-8-17(23)11-16)20(29)13-28(33(4,31)32)19-10-6-9-18(24)21(19)25/h5-11,14-15H,12-13H2,1-4H3,(H,26,30)/t15-/m0/s1. The van der Waals surface area contributed by atoms with Gasteiger partial charge in [-0.05, 0) is 50.6 Å². The summed E-state index contributed by atoms with van der Waals surface area (Å²) in [4.78, 5) is 27.5. The van der Waals surface area contributed by atoms with Gasteiger partial charge in [-0.3, -0.25) is 13.9 Å². The predicted molar refractivity (Wildman–Crippen MR) is 136 cm³/mol. The third-order valence-electron chi connectivity index (χ3n) is 4.72. The fraction of sp³-hybridized carbons (Fsp3) is 0.364. The number of nitrogens with zero attached hydrogens (tertiary/aromatic N) is 2. The average molecular weight is 579 g/mol. The molecule has 0 aromatic heterocycles. The number of nitrogens with one attached hydrogen (secondary N) is 1.